The zero-order chi connectivity index (χ0) is 17.4. The van der Waals surface area contributed by atoms with E-state index in [9.17, 15) is 0 Å². The highest BCUT2D eigenvalue weighted by Gasteiger charge is 2.07. The van der Waals surface area contributed by atoms with E-state index in [0.717, 1.165) is 36.2 Å². The maximum absolute atomic E-state index is 5.85. The number of nitrogens with zero attached hydrogens (tertiary/aromatic N) is 5. The van der Waals surface area contributed by atoms with Crippen LogP contribution in [0.1, 0.15) is 18.3 Å². The molecule has 0 fully saturated rings. The van der Waals surface area contributed by atoms with Crippen LogP contribution in [0.4, 0.5) is 0 Å². The van der Waals surface area contributed by atoms with E-state index in [-0.39, 0.29) is 0 Å². The van der Waals surface area contributed by atoms with E-state index in [2.05, 4.69) is 32.2 Å². The van der Waals surface area contributed by atoms with Crippen molar-refractivity contribution in [2.75, 3.05) is 26.7 Å². The second-order valence-corrected chi connectivity index (χ2v) is 5.51. The number of benzene rings is 1. The van der Waals surface area contributed by atoms with Crippen molar-refractivity contribution in [2.45, 2.75) is 20.4 Å². The SMILES string of the molecule is CCNC(=NCc1ncnn1C)N(C)CCOc1ccccc1C. The smallest absolute Gasteiger partial charge is 0.194 e. The fourth-order valence-corrected chi connectivity index (χ4v) is 2.20. The highest BCUT2D eigenvalue weighted by Crippen LogP contribution is 2.15. The van der Waals surface area contributed by atoms with Crippen molar-refractivity contribution in [3.63, 3.8) is 0 Å². The minimum atomic E-state index is 0.488. The summed E-state index contributed by atoms with van der Waals surface area (Å²) in [6, 6.07) is 8.03. The second-order valence-electron chi connectivity index (χ2n) is 5.51. The van der Waals surface area contributed by atoms with E-state index in [0.29, 0.717) is 13.2 Å². The number of ether oxygens (including phenoxy) is 1. The lowest BCUT2D eigenvalue weighted by molar-refractivity contribution is 0.280. The highest BCUT2D eigenvalue weighted by molar-refractivity contribution is 5.79. The van der Waals surface area contributed by atoms with E-state index in [4.69, 9.17) is 4.74 Å². The third-order valence-corrected chi connectivity index (χ3v) is 3.65. The molecule has 0 unspecified atom stereocenters. The first-order valence-corrected chi connectivity index (χ1v) is 8.12. The van der Waals surface area contributed by atoms with E-state index in [1.807, 2.05) is 45.3 Å². The number of rotatable bonds is 7. The molecule has 24 heavy (non-hydrogen) atoms. The predicted octanol–water partition coefficient (Wildman–Crippen LogP) is 1.60. The molecule has 1 aromatic heterocycles. The number of para-hydroxylation sites is 1. The number of aliphatic imine (C=N–C) groups is 1. The van der Waals surface area contributed by atoms with Crippen molar-refractivity contribution in [1.82, 2.24) is 25.0 Å². The zero-order valence-electron chi connectivity index (χ0n) is 14.9. The van der Waals surface area contributed by atoms with E-state index in [1.165, 1.54) is 6.33 Å². The van der Waals surface area contributed by atoms with Gasteiger partial charge in [0.2, 0.25) is 0 Å². The summed E-state index contributed by atoms with van der Waals surface area (Å²) in [5, 5.41) is 7.35. The lowest BCUT2D eigenvalue weighted by Crippen LogP contribution is -2.41. The minimum absolute atomic E-state index is 0.488. The Balaban J connectivity index is 1.90. The Kier molecular flexibility index (Phi) is 6.60. The number of aryl methyl sites for hydroxylation is 2. The van der Waals surface area contributed by atoms with Gasteiger partial charge in [-0.2, -0.15) is 5.10 Å². The normalized spacial score (nSPS) is 11.4. The van der Waals surface area contributed by atoms with Crippen LogP contribution < -0.4 is 10.1 Å². The van der Waals surface area contributed by atoms with Gasteiger partial charge in [-0.15, -0.1) is 0 Å². The molecular formula is C17H26N6O. The van der Waals surface area contributed by atoms with Crippen LogP contribution in [0.2, 0.25) is 0 Å². The summed E-state index contributed by atoms with van der Waals surface area (Å²) in [4.78, 5) is 10.9. The lowest BCUT2D eigenvalue weighted by Gasteiger charge is -2.22. The molecule has 0 saturated carbocycles. The largest absolute Gasteiger partial charge is 0.491 e. The first kappa shape index (κ1) is 17.8. The third-order valence-electron chi connectivity index (χ3n) is 3.65. The molecule has 7 nitrogen and oxygen atoms in total. The first-order chi connectivity index (χ1) is 11.6. The molecule has 0 amide bonds. The van der Waals surface area contributed by atoms with Crippen molar-refractivity contribution < 1.29 is 4.74 Å². The van der Waals surface area contributed by atoms with Gasteiger partial charge in [-0.05, 0) is 25.5 Å². The highest BCUT2D eigenvalue weighted by atomic mass is 16.5. The van der Waals surface area contributed by atoms with Crippen LogP contribution in [0.15, 0.2) is 35.6 Å². The molecule has 0 saturated heterocycles. The molecule has 2 rings (SSSR count). The van der Waals surface area contributed by atoms with Crippen LogP contribution in [-0.2, 0) is 13.6 Å². The Labute approximate surface area is 143 Å². The van der Waals surface area contributed by atoms with Gasteiger partial charge in [-0.1, -0.05) is 18.2 Å². The molecule has 0 bridgehead atoms. The lowest BCUT2D eigenvalue weighted by atomic mass is 10.2. The Bertz CT molecular complexity index is 667. The van der Waals surface area contributed by atoms with Gasteiger partial charge in [0.25, 0.3) is 0 Å². The van der Waals surface area contributed by atoms with Crippen LogP contribution in [0.3, 0.4) is 0 Å². The quantitative estimate of drug-likeness (QED) is 0.617. The molecule has 1 heterocycles. The van der Waals surface area contributed by atoms with Crippen LogP contribution in [0.5, 0.6) is 5.75 Å². The number of hydrogen-bond acceptors (Lipinski definition) is 4. The number of guanidine groups is 1. The maximum atomic E-state index is 5.85. The molecular weight excluding hydrogens is 304 g/mol. The van der Waals surface area contributed by atoms with Gasteiger partial charge in [0.1, 0.15) is 31.1 Å². The van der Waals surface area contributed by atoms with Crippen molar-refractivity contribution in [2.24, 2.45) is 12.0 Å². The number of likely N-dealkylation sites (N-methyl/N-ethyl adjacent to an activating group) is 1. The number of aromatic nitrogens is 3. The predicted molar refractivity (Wildman–Crippen MR) is 95.1 cm³/mol. The van der Waals surface area contributed by atoms with E-state index < -0.39 is 0 Å². The molecule has 0 aliphatic heterocycles. The summed E-state index contributed by atoms with van der Waals surface area (Å²) < 4.78 is 7.58. The first-order valence-electron chi connectivity index (χ1n) is 8.12. The van der Waals surface area contributed by atoms with Crippen LogP contribution in [-0.4, -0.2) is 52.4 Å². The topological polar surface area (TPSA) is 67.6 Å². The summed E-state index contributed by atoms with van der Waals surface area (Å²) in [7, 11) is 3.86. The molecule has 0 aliphatic rings. The Morgan fingerprint density at radius 3 is 2.83 bits per heavy atom. The molecule has 2 aromatic rings. The van der Waals surface area contributed by atoms with Crippen molar-refractivity contribution in [1.29, 1.82) is 0 Å². The summed E-state index contributed by atoms with van der Waals surface area (Å²) >= 11 is 0. The average molecular weight is 330 g/mol. The Morgan fingerprint density at radius 1 is 1.38 bits per heavy atom. The van der Waals surface area contributed by atoms with Crippen molar-refractivity contribution in [3.8, 4) is 5.75 Å². The second kappa shape index (κ2) is 8.90. The molecule has 130 valence electrons. The minimum Gasteiger partial charge on any atom is -0.491 e. The van der Waals surface area contributed by atoms with Gasteiger partial charge in [0.15, 0.2) is 5.96 Å². The van der Waals surface area contributed by atoms with Crippen LogP contribution >= 0.6 is 0 Å². The van der Waals surface area contributed by atoms with Gasteiger partial charge >= 0.3 is 0 Å². The van der Waals surface area contributed by atoms with Gasteiger partial charge in [-0.3, -0.25) is 4.68 Å². The summed E-state index contributed by atoms with van der Waals surface area (Å²) in [5.74, 6) is 2.58. The summed E-state index contributed by atoms with van der Waals surface area (Å²) in [6.07, 6.45) is 1.54. The fraction of sp³-hybridized carbons (Fsp3) is 0.471. The van der Waals surface area contributed by atoms with Gasteiger partial charge in [0, 0.05) is 20.6 Å². The van der Waals surface area contributed by atoms with Crippen molar-refractivity contribution >= 4 is 5.96 Å². The molecule has 7 heteroatoms. The average Bonchev–Trinajstić information content (AvgIpc) is 2.98. The molecule has 0 spiro atoms. The molecule has 0 radical (unpaired) electrons. The van der Waals surface area contributed by atoms with Crippen LogP contribution in [0, 0.1) is 6.92 Å². The zero-order valence-corrected chi connectivity index (χ0v) is 14.9. The van der Waals surface area contributed by atoms with Gasteiger partial charge in [-0.25, -0.2) is 9.98 Å². The van der Waals surface area contributed by atoms with E-state index >= 15 is 0 Å². The Morgan fingerprint density at radius 2 is 2.17 bits per heavy atom. The Hall–Kier alpha value is -2.57. The number of hydrogen-bond donors (Lipinski definition) is 1. The van der Waals surface area contributed by atoms with E-state index in [1.54, 1.807) is 4.68 Å². The van der Waals surface area contributed by atoms with Gasteiger partial charge < -0.3 is 15.0 Å². The maximum Gasteiger partial charge on any atom is 0.194 e. The molecule has 0 atom stereocenters. The summed E-state index contributed by atoms with van der Waals surface area (Å²) in [5.41, 5.74) is 1.14. The number of nitrogens with one attached hydrogen (secondary N) is 1. The summed E-state index contributed by atoms with van der Waals surface area (Å²) in [6.45, 7) is 6.72. The van der Waals surface area contributed by atoms with Gasteiger partial charge in [0.05, 0.1) is 6.54 Å². The molecule has 0 aliphatic carbocycles. The fourth-order valence-electron chi connectivity index (χ4n) is 2.20. The monoisotopic (exact) mass is 330 g/mol. The standard InChI is InChI=1S/C17H26N6O/c1-5-18-17(19-12-16-20-13-21-23(16)4)22(3)10-11-24-15-9-7-6-8-14(15)2/h6-9,13H,5,10-12H2,1-4H3,(H,18,19). The third kappa shape index (κ3) is 4.97. The van der Waals surface area contributed by atoms with Crippen molar-refractivity contribution in [3.05, 3.63) is 42.0 Å². The van der Waals surface area contributed by atoms with Crippen LogP contribution in [0.25, 0.3) is 0 Å². The molecule has 1 aromatic carbocycles. The molecule has 1 N–H and O–H groups in total.